The van der Waals surface area contributed by atoms with Gasteiger partial charge in [0.1, 0.15) is 17.3 Å². The van der Waals surface area contributed by atoms with E-state index in [9.17, 15) is 19.2 Å². The summed E-state index contributed by atoms with van der Waals surface area (Å²) in [6, 6.07) is 6.24. The third-order valence-corrected chi connectivity index (χ3v) is 7.83. The molecule has 1 aliphatic carbocycles. The average Bonchev–Trinajstić information content (AvgIpc) is 3.63. The number of allylic oxidation sites excluding steroid dienone is 2. The Kier molecular flexibility index (Phi) is 7.46. The first-order chi connectivity index (χ1) is 17.2. The Balaban J connectivity index is 1.46. The van der Waals surface area contributed by atoms with E-state index in [1.807, 2.05) is 32.9 Å². The van der Waals surface area contributed by atoms with Crippen molar-refractivity contribution in [1.29, 1.82) is 5.26 Å². The van der Waals surface area contributed by atoms with Gasteiger partial charge in [-0.25, -0.2) is 4.39 Å². The molecule has 4 N–H and O–H groups in total. The molecule has 7 nitrogen and oxygen atoms in total. The normalized spacial score (nSPS) is 24.2. The molecule has 1 saturated heterocycles. The van der Waals surface area contributed by atoms with Crippen LogP contribution in [-0.2, 0) is 16.1 Å². The van der Waals surface area contributed by atoms with E-state index < -0.39 is 17.3 Å². The summed E-state index contributed by atoms with van der Waals surface area (Å²) in [7, 11) is 0. The number of carbonyl (C=O) groups excluding carboxylic acids is 2. The van der Waals surface area contributed by atoms with Gasteiger partial charge in [-0.2, -0.15) is 5.26 Å². The number of hydrogen-bond acceptors (Lipinski definition) is 6. The zero-order valence-electron chi connectivity index (χ0n) is 20.8. The van der Waals surface area contributed by atoms with E-state index in [0.717, 1.165) is 23.4 Å². The highest BCUT2D eigenvalue weighted by molar-refractivity contribution is 8.08. The number of dihydropyridines is 1. The minimum atomic E-state index is -0.939. The number of nitrogens with zero attached hydrogens (tertiary/aromatic N) is 2. The number of nitrogens with two attached hydrogens (primary N) is 1. The van der Waals surface area contributed by atoms with Crippen LogP contribution in [0.2, 0.25) is 0 Å². The van der Waals surface area contributed by atoms with E-state index in [1.165, 1.54) is 18.3 Å². The maximum atomic E-state index is 14.3. The molecule has 1 aromatic rings. The van der Waals surface area contributed by atoms with Crippen molar-refractivity contribution < 1.29 is 14.0 Å². The lowest BCUT2D eigenvalue weighted by Crippen LogP contribution is -2.45. The Morgan fingerprint density at radius 2 is 2.17 bits per heavy atom. The van der Waals surface area contributed by atoms with Crippen molar-refractivity contribution in [2.45, 2.75) is 57.9 Å². The summed E-state index contributed by atoms with van der Waals surface area (Å²) < 4.78 is 14.3. The molecule has 0 radical (unpaired) electrons. The number of carbonyl (C=O) groups is 2. The lowest BCUT2D eigenvalue weighted by Gasteiger charge is -2.27. The zero-order valence-corrected chi connectivity index (χ0v) is 21.6. The number of benzene rings is 1. The number of nitrogens with one attached hydrogen (secondary N) is 2. The number of rotatable bonds is 8. The van der Waals surface area contributed by atoms with Crippen molar-refractivity contribution in [2.24, 2.45) is 17.1 Å². The molecular formula is C27H32FN5O2S. The van der Waals surface area contributed by atoms with E-state index in [4.69, 9.17) is 5.73 Å². The fourth-order valence-corrected chi connectivity index (χ4v) is 5.70. The lowest BCUT2D eigenvalue weighted by atomic mass is 9.82. The first-order valence-corrected chi connectivity index (χ1v) is 13.1. The van der Waals surface area contributed by atoms with Crippen LogP contribution >= 0.6 is 11.8 Å². The molecule has 9 heteroatoms. The van der Waals surface area contributed by atoms with Crippen LogP contribution in [0.25, 0.3) is 4.91 Å². The summed E-state index contributed by atoms with van der Waals surface area (Å²) in [5, 5.41) is 16.0. The molecule has 2 amide bonds. The molecule has 2 unspecified atom stereocenters. The predicted molar refractivity (Wildman–Crippen MR) is 139 cm³/mol. The lowest BCUT2D eigenvalue weighted by molar-refractivity contribution is -0.132. The molecule has 2 aliphatic heterocycles. The van der Waals surface area contributed by atoms with Gasteiger partial charge in [0.25, 0.3) is 0 Å². The first-order valence-electron chi connectivity index (χ1n) is 12.2. The molecule has 36 heavy (non-hydrogen) atoms. The van der Waals surface area contributed by atoms with Crippen LogP contribution in [0.1, 0.15) is 51.2 Å². The van der Waals surface area contributed by atoms with Gasteiger partial charge in [0.15, 0.2) is 0 Å². The second-order valence-corrected chi connectivity index (χ2v) is 11.5. The van der Waals surface area contributed by atoms with Crippen molar-refractivity contribution in [2.75, 3.05) is 6.54 Å². The fraction of sp³-hybridized carbons (Fsp3) is 0.444. The van der Waals surface area contributed by atoms with E-state index in [-0.39, 0.29) is 29.5 Å². The smallest absolute Gasteiger partial charge is 0.247 e. The maximum absolute atomic E-state index is 14.3. The molecule has 0 spiro atoms. The summed E-state index contributed by atoms with van der Waals surface area (Å²) in [4.78, 5) is 28.7. The molecular weight excluding hydrogens is 477 g/mol. The van der Waals surface area contributed by atoms with E-state index in [1.54, 1.807) is 22.7 Å². The van der Waals surface area contributed by atoms with Crippen molar-refractivity contribution in [3.63, 3.8) is 0 Å². The van der Waals surface area contributed by atoms with Gasteiger partial charge >= 0.3 is 0 Å². The molecule has 0 bridgehead atoms. The van der Waals surface area contributed by atoms with E-state index in [0.29, 0.717) is 29.8 Å². The monoisotopic (exact) mass is 509 g/mol. The molecule has 2 atom stereocenters. The van der Waals surface area contributed by atoms with Crippen LogP contribution in [0.3, 0.4) is 0 Å². The van der Waals surface area contributed by atoms with E-state index >= 15 is 0 Å². The minimum Gasteiger partial charge on any atom is -0.404 e. The van der Waals surface area contributed by atoms with Gasteiger partial charge in [0, 0.05) is 40.8 Å². The minimum absolute atomic E-state index is 0.135. The van der Waals surface area contributed by atoms with Crippen molar-refractivity contribution >= 4 is 28.5 Å². The Morgan fingerprint density at radius 1 is 1.42 bits per heavy atom. The fourth-order valence-electron chi connectivity index (χ4n) is 4.86. The molecule has 4 rings (SSSR count). The summed E-state index contributed by atoms with van der Waals surface area (Å²) in [6.45, 7) is 6.50. The second kappa shape index (κ2) is 10.4. The highest BCUT2D eigenvalue weighted by Crippen LogP contribution is 2.52. The number of amides is 2. The zero-order chi connectivity index (χ0) is 26.0. The highest BCUT2D eigenvalue weighted by Gasteiger charge is 2.57. The van der Waals surface area contributed by atoms with Gasteiger partial charge in [-0.1, -0.05) is 13.8 Å². The third kappa shape index (κ3) is 5.29. The molecule has 1 saturated carbocycles. The largest absolute Gasteiger partial charge is 0.404 e. The number of nitriles is 1. The van der Waals surface area contributed by atoms with Crippen LogP contribution in [0.15, 0.2) is 47.9 Å². The summed E-state index contributed by atoms with van der Waals surface area (Å²) in [5.41, 5.74) is 7.49. The van der Waals surface area contributed by atoms with Crippen LogP contribution in [0.5, 0.6) is 0 Å². The third-order valence-electron chi connectivity index (χ3n) is 6.73. The number of likely N-dealkylation sites (tertiary alicyclic amines) is 1. The summed E-state index contributed by atoms with van der Waals surface area (Å²) in [6.07, 6.45) is 7.35. The van der Waals surface area contributed by atoms with Crippen LogP contribution < -0.4 is 16.4 Å². The molecule has 2 fully saturated rings. The van der Waals surface area contributed by atoms with Gasteiger partial charge in [-0.05, 0) is 73.6 Å². The van der Waals surface area contributed by atoms with Gasteiger partial charge in [-0.3, -0.25) is 9.59 Å². The van der Waals surface area contributed by atoms with Gasteiger partial charge < -0.3 is 21.3 Å². The van der Waals surface area contributed by atoms with Crippen LogP contribution in [-0.4, -0.2) is 34.6 Å². The van der Waals surface area contributed by atoms with Crippen LogP contribution in [0.4, 0.5) is 4.39 Å². The SMILES string of the molecule is CC1=CC(N2CCC(C#N)(C3CC3)C2=O)=CC(C(=O)NCc2cc(F)cc(/C(=C/N)SC(C)C)c2)N1. The van der Waals surface area contributed by atoms with Crippen molar-refractivity contribution in [3.05, 3.63) is 64.9 Å². The summed E-state index contributed by atoms with van der Waals surface area (Å²) in [5.74, 6) is -0.728. The predicted octanol–water partition coefficient (Wildman–Crippen LogP) is 3.75. The Bertz CT molecular complexity index is 1200. The maximum Gasteiger partial charge on any atom is 0.247 e. The first kappa shape index (κ1) is 25.8. The summed E-state index contributed by atoms with van der Waals surface area (Å²) >= 11 is 1.54. The van der Waals surface area contributed by atoms with Crippen molar-refractivity contribution in [1.82, 2.24) is 15.5 Å². The van der Waals surface area contributed by atoms with Gasteiger partial charge in [0.2, 0.25) is 11.8 Å². The van der Waals surface area contributed by atoms with Crippen LogP contribution in [0, 0.1) is 28.5 Å². The number of thioether (sulfide) groups is 1. The quantitative estimate of drug-likeness (QED) is 0.492. The Labute approximate surface area is 215 Å². The Morgan fingerprint density at radius 3 is 2.81 bits per heavy atom. The van der Waals surface area contributed by atoms with E-state index in [2.05, 4.69) is 16.7 Å². The molecule has 0 aromatic heterocycles. The average molecular weight is 510 g/mol. The van der Waals surface area contributed by atoms with Crippen molar-refractivity contribution in [3.8, 4) is 6.07 Å². The second-order valence-electron chi connectivity index (χ2n) is 9.87. The van der Waals surface area contributed by atoms with Gasteiger partial charge in [-0.15, -0.1) is 11.8 Å². The number of hydrogen-bond donors (Lipinski definition) is 3. The Hall–Kier alpha value is -3.25. The molecule has 2 heterocycles. The standard InChI is InChI=1S/C27H32FN5O2S/c1-16(2)36-24(13-29)19-9-18(10-21(28)11-19)14-31-25(34)23-12-22(8-17(3)32-23)33-7-6-27(15-30,26(33)35)20-4-5-20/h8-13,16,20,23,32H,4-7,14,29H2,1-3H3,(H,31,34)/b24-13-. The van der Waals surface area contributed by atoms with Gasteiger partial charge in [0.05, 0.1) is 6.07 Å². The molecule has 1 aromatic carbocycles. The number of halogens is 1. The molecule has 3 aliphatic rings. The molecule has 190 valence electrons. The topological polar surface area (TPSA) is 111 Å². The highest BCUT2D eigenvalue weighted by atomic mass is 32.2.